The van der Waals surface area contributed by atoms with Gasteiger partial charge >= 0.3 is 11.9 Å². The normalized spacial score (nSPS) is 10.9. The van der Waals surface area contributed by atoms with E-state index in [9.17, 15) is 9.59 Å². The molecule has 0 bridgehead atoms. The zero-order valence-electron chi connectivity index (χ0n) is 22.9. The molecule has 0 aliphatic rings. The van der Waals surface area contributed by atoms with Crippen LogP contribution in [0.2, 0.25) is 0 Å². The fraction of sp³-hybridized carbons (Fsp3) is 0.0625. The Kier molecular flexibility index (Phi) is 9.07. The van der Waals surface area contributed by atoms with E-state index in [0.29, 0.717) is 45.3 Å². The molecule has 0 N–H and O–H groups in total. The third-order valence-corrected chi connectivity index (χ3v) is 7.89. The molecule has 0 aliphatic heterocycles. The number of halogens is 2. The summed E-state index contributed by atoms with van der Waals surface area (Å²) in [5.41, 5.74) is 3.91. The first-order valence-corrected chi connectivity index (χ1v) is 15.5. The Balaban J connectivity index is 1.40. The molecule has 2 heterocycles. The monoisotopic (exact) mass is 808 g/mol. The van der Waals surface area contributed by atoms with Crippen LogP contribution in [0.5, 0.6) is 0 Å². The zero-order valence-corrected chi connectivity index (χ0v) is 27.2. The summed E-state index contributed by atoms with van der Waals surface area (Å²) < 4.78 is 16.6. The van der Waals surface area contributed by atoms with Crippen molar-refractivity contribution in [3.8, 4) is 22.8 Å². The predicted octanol–water partition coefficient (Wildman–Crippen LogP) is 6.44. The van der Waals surface area contributed by atoms with Gasteiger partial charge < -0.3 is 9.47 Å². The van der Waals surface area contributed by atoms with Crippen LogP contribution in [0.3, 0.4) is 0 Å². The van der Waals surface area contributed by atoms with E-state index in [4.69, 9.17) is 9.47 Å². The number of rotatable bonds is 9. The Morgan fingerprint density at radius 1 is 0.568 bits per heavy atom. The van der Waals surface area contributed by atoms with Crippen LogP contribution < -0.4 is 0 Å². The second-order valence-corrected chi connectivity index (χ2v) is 11.9. The van der Waals surface area contributed by atoms with Gasteiger partial charge in [-0.05, 0) is 106 Å². The van der Waals surface area contributed by atoms with E-state index in [1.807, 2.05) is 72.8 Å². The number of hydrogen-bond donors (Lipinski definition) is 0. The number of nitrogens with zero attached hydrogens (tertiary/aromatic N) is 6. The molecule has 0 atom stereocenters. The number of carbonyl (C=O) groups excluding carboxylic acids is 2. The highest BCUT2D eigenvalue weighted by molar-refractivity contribution is 14.1. The van der Waals surface area contributed by atoms with Crippen LogP contribution in [-0.4, -0.2) is 41.9 Å². The van der Waals surface area contributed by atoms with E-state index in [-0.39, 0.29) is 13.2 Å². The van der Waals surface area contributed by atoms with Crippen molar-refractivity contribution in [1.29, 1.82) is 0 Å². The van der Waals surface area contributed by atoms with Gasteiger partial charge in [-0.1, -0.05) is 59.0 Å². The van der Waals surface area contributed by atoms with Crippen LogP contribution in [0, 0.1) is 7.14 Å². The number of carbonyl (C=O) groups is 2. The number of benzene rings is 4. The fourth-order valence-corrected chi connectivity index (χ4v) is 5.53. The first-order valence-electron chi connectivity index (χ1n) is 13.3. The van der Waals surface area contributed by atoms with E-state index in [1.165, 1.54) is 0 Å². The number of esters is 2. The van der Waals surface area contributed by atoms with Gasteiger partial charge in [0.2, 0.25) is 0 Å². The number of para-hydroxylation sites is 2. The fourth-order valence-electron chi connectivity index (χ4n) is 4.45. The first kappa shape index (κ1) is 29.6. The lowest BCUT2D eigenvalue weighted by Gasteiger charge is -2.11. The van der Waals surface area contributed by atoms with Gasteiger partial charge in [0.1, 0.15) is 36.0 Å². The second-order valence-electron chi connectivity index (χ2n) is 9.44. The molecule has 2 aromatic heterocycles. The SMILES string of the molecule is O=C(OCc1c(-c2nnn(-c3ccccc3)c2COC(=O)c2cccc(I)c2)nnn1-c1ccccc1)c1cccc(I)c1. The Bertz CT molecular complexity index is 1800. The molecule has 0 unspecified atom stereocenters. The Labute approximate surface area is 279 Å². The van der Waals surface area contributed by atoms with E-state index in [1.54, 1.807) is 45.8 Å². The molecule has 4 aromatic carbocycles. The number of aromatic nitrogens is 6. The molecule has 0 fully saturated rings. The van der Waals surface area contributed by atoms with Crippen molar-refractivity contribution < 1.29 is 19.1 Å². The maximum absolute atomic E-state index is 13.0. The average Bonchev–Trinajstić information content (AvgIpc) is 3.67. The highest BCUT2D eigenvalue weighted by atomic mass is 127. The Hall–Kier alpha value is -4.44. The summed E-state index contributed by atoms with van der Waals surface area (Å²) in [7, 11) is 0. The summed E-state index contributed by atoms with van der Waals surface area (Å²) in [5.74, 6) is -0.982. The third-order valence-electron chi connectivity index (χ3n) is 6.55. The molecule has 0 amide bonds. The van der Waals surface area contributed by atoms with E-state index >= 15 is 0 Å². The van der Waals surface area contributed by atoms with Crippen LogP contribution in [0.15, 0.2) is 109 Å². The van der Waals surface area contributed by atoms with Crippen LogP contribution in [0.4, 0.5) is 0 Å². The molecule has 44 heavy (non-hydrogen) atoms. The molecule has 0 saturated heterocycles. The second kappa shape index (κ2) is 13.5. The van der Waals surface area contributed by atoms with Gasteiger partial charge in [0, 0.05) is 7.14 Å². The summed E-state index contributed by atoms with van der Waals surface area (Å²) >= 11 is 4.29. The van der Waals surface area contributed by atoms with Gasteiger partial charge in [-0.25, -0.2) is 19.0 Å². The maximum atomic E-state index is 13.0. The summed E-state index contributed by atoms with van der Waals surface area (Å²) in [6, 6.07) is 33.0. The lowest BCUT2D eigenvalue weighted by Crippen LogP contribution is -2.11. The number of ether oxygens (including phenoxy) is 2. The standard InChI is InChI=1S/C32H22I2N6O4/c33-23-11-7-9-21(17-23)31(41)43-19-27-29(35-37-39(27)25-13-3-1-4-14-25)30-28(40(38-36-30)26-15-5-2-6-16-26)20-44-32(42)22-10-8-12-24(34)18-22/h1-18H,19-20H2. The molecule has 0 radical (unpaired) electrons. The molecule has 10 nitrogen and oxygen atoms in total. The lowest BCUT2D eigenvalue weighted by molar-refractivity contribution is 0.0455. The molecule has 0 spiro atoms. The lowest BCUT2D eigenvalue weighted by atomic mass is 10.2. The van der Waals surface area contributed by atoms with Crippen LogP contribution >= 0.6 is 45.2 Å². The smallest absolute Gasteiger partial charge is 0.338 e. The van der Waals surface area contributed by atoms with Gasteiger partial charge in [0.15, 0.2) is 0 Å². The van der Waals surface area contributed by atoms with Crippen molar-refractivity contribution in [2.45, 2.75) is 13.2 Å². The van der Waals surface area contributed by atoms with Gasteiger partial charge in [-0.2, -0.15) is 0 Å². The van der Waals surface area contributed by atoms with Crippen LogP contribution in [-0.2, 0) is 22.7 Å². The largest absolute Gasteiger partial charge is 0.455 e. The average molecular weight is 808 g/mol. The van der Waals surface area contributed by atoms with Crippen LogP contribution in [0.1, 0.15) is 32.1 Å². The summed E-state index contributed by atoms with van der Waals surface area (Å²) in [4.78, 5) is 26.0. The Morgan fingerprint density at radius 3 is 1.36 bits per heavy atom. The maximum Gasteiger partial charge on any atom is 0.338 e. The highest BCUT2D eigenvalue weighted by Crippen LogP contribution is 2.28. The van der Waals surface area contributed by atoms with Gasteiger partial charge in [0.05, 0.1) is 22.5 Å². The van der Waals surface area contributed by atoms with Gasteiger partial charge in [0.25, 0.3) is 0 Å². The topological polar surface area (TPSA) is 114 Å². The van der Waals surface area contributed by atoms with Crippen molar-refractivity contribution in [3.05, 3.63) is 139 Å². The van der Waals surface area contributed by atoms with Crippen molar-refractivity contribution in [1.82, 2.24) is 30.0 Å². The molecule has 0 saturated carbocycles. The van der Waals surface area contributed by atoms with E-state index < -0.39 is 11.9 Å². The molecular formula is C32H22I2N6O4. The summed E-state index contributed by atoms with van der Waals surface area (Å²) in [6.07, 6.45) is 0. The van der Waals surface area contributed by atoms with E-state index in [0.717, 1.165) is 7.14 Å². The van der Waals surface area contributed by atoms with Crippen molar-refractivity contribution >= 4 is 57.1 Å². The minimum Gasteiger partial charge on any atom is -0.455 e. The van der Waals surface area contributed by atoms with Crippen molar-refractivity contribution in [3.63, 3.8) is 0 Å². The first-order chi connectivity index (χ1) is 21.5. The van der Waals surface area contributed by atoms with Crippen molar-refractivity contribution in [2.75, 3.05) is 0 Å². The molecule has 0 aliphatic carbocycles. The number of hydrogen-bond acceptors (Lipinski definition) is 8. The molecule has 12 heteroatoms. The Morgan fingerprint density at radius 2 is 0.977 bits per heavy atom. The van der Waals surface area contributed by atoms with Crippen LogP contribution in [0.25, 0.3) is 22.8 Å². The molecule has 218 valence electrons. The highest BCUT2D eigenvalue weighted by Gasteiger charge is 2.26. The quantitative estimate of drug-likeness (QED) is 0.121. The minimum atomic E-state index is -0.491. The third kappa shape index (κ3) is 6.55. The summed E-state index contributed by atoms with van der Waals surface area (Å²) in [5, 5.41) is 17.7. The summed E-state index contributed by atoms with van der Waals surface area (Å²) in [6.45, 7) is -0.303. The van der Waals surface area contributed by atoms with Crippen molar-refractivity contribution in [2.24, 2.45) is 0 Å². The molecular weight excluding hydrogens is 786 g/mol. The van der Waals surface area contributed by atoms with E-state index in [2.05, 4.69) is 65.8 Å². The molecule has 6 aromatic rings. The molecule has 6 rings (SSSR count). The zero-order chi connectivity index (χ0) is 30.5. The minimum absolute atomic E-state index is 0.151. The predicted molar refractivity (Wildman–Crippen MR) is 178 cm³/mol. The van der Waals surface area contributed by atoms with Gasteiger partial charge in [-0.3, -0.25) is 0 Å². The van der Waals surface area contributed by atoms with Gasteiger partial charge in [-0.15, -0.1) is 10.2 Å².